The molecule has 0 aliphatic carbocycles. The van der Waals surface area contributed by atoms with Crippen molar-refractivity contribution in [1.82, 2.24) is 0 Å². The molecule has 3 rings (SSSR count). The van der Waals surface area contributed by atoms with E-state index >= 15 is 0 Å². The number of benzene rings is 3. The highest BCUT2D eigenvalue weighted by Crippen LogP contribution is 2.24. The van der Waals surface area contributed by atoms with Gasteiger partial charge < -0.3 is 9.64 Å². The number of methoxy groups -OCH3 is 1. The average Bonchev–Trinajstić information content (AvgIpc) is 2.72. The number of nitro benzene ring substituents is 1. The summed E-state index contributed by atoms with van der Waals surface area (Å²) in [6.07, 6.45) is 0. The summed E-state index contributed by atoms with van der Waals surface area (Å²) in [6.45, 7) is 2.25. The molecule has 6 nitrogen and oxygen atoms in total. The lowest BCUT2D eigenvalue weighted by atomic mass is 10.1. The molecule has 6 heteroatoms. The van der Waals surface area contributed by atoms with E-state index in [2.05, 4.69) is 0 Å². The molecule has 0 aliphatic heterocycles. The van der Waals surface area contributed by atoms with Crippen molar-refractivity contribution in [1.29, 1.82) is 0 Å². The summed E-state index contributed by atoms with van der Waals surface area (Å²) in [4.78, 5) is 25.2. The largest absolute Gasteiger partial charge is 0.497 e. The highest BCUT2D eigenvalue weighted by Gasteiger charge is 2.19. The molecule has 3 aromatic carbocycles. The first-order chi connectivity index (χ1) is 13.5. The van der Waals surface area contributed by atoms with E-state index in [0.29, 0.717) is 17.0 Å². The molecular formula is C22H20N2O4. The molecule has 0 unspecified atom stereocenters. The smallest absolute Gasteiger partial charge is 0.269 e. The standard InChI is InChI=1S/C22H20N2O4/c1-16-3-7-18(8-4-16)22(25)23(19-11-13-21(28-2)14-12-19)15-17-5-9-20(10-6-17)24(26)27/h3-14H,15H2,1-2H3. The van der Waals surface area contributed by atoms with Gasteiger partial charge in [-0.05, 0) is 48.9 Å². The zero-order chi connectivity index (χ0) is 20.1. The van der Waals surface area contributed by atoms with Crippen LogP contribution in [-0.2, 0) is 6.54 Å². The number of non-ortho nitro benzene ring substituents is 1. The van der Waals surface area contributed by atoms with Gasteiger partial charge in [0, 0.05) is 23.4 Å². The van der Waals surface area contributed by atoms with Crippen LogP contribution in [0, 0.1) is 17.0 Å². The Morgan fingerprint density at radius 1 is 0.964 bits per heavy atom. The van der Waals surface area contributed by atoms with Crippen molar-refractivity contribution in [2.45, 2.75) is 13.5 Å². The topological polar surface area (TPSA) is 72.7 Å². The molecule has 0 heterocycles. The number of anilines is 1. The lowest BCUT2D eigenvalue weighted by Crippen LogP contribution is -2.30. The number of ether oxygens (including phenoxy) is 1. The molecule has 3 aromatic rings. The van der Waals surface area contributed by atoms with Crippen LogP contribution in [0.2, 0.25) is 0 Å². The van der Waals surface area contributed by atoms with E-state index in [0.717, 1.165) is 11.1 Å². The minimum Gasteiger partial charge on any atom is -0.497 e. The predicted molar refractivity (Wildman–Crippen MR) is 108 cm³/mol. The van der Waals surface area contributed by atoms with Crippen LogP contribution in [0.3, 0.4) is 0 Å². The van der Waals surface area contributed by atoms with Gasteiger partial charge in [0.05, 0.1) is 18.6 Å². The predicted octanol–water partition coefficient (Wildman–Crippen LogP) is 4.76. The zero-order valence-corrected chi connectivity index (χ0v) is 15.7. The summed E-state index contributed by atoms with van der Waals surface area (Å²) in [5.41, 5.74) is 3.17. The third kappa shape index (κ3) is 4.35. The fourth-order valence-electron chi connectivity index (χ4n) is 2.80. The second-order valence-corrected chi connectivity index (χ2v) is 6.38. The Hall–Kier alpha value is -3.67. The molecule has 0 N–H and O–H groups in total. The van der Waals surface area contributed by atoms with Crippen molar-refractivity contribution in [2.24, 2.45) is 0 Å². The van der Waals surface area contributed by atoms with Gasteiger partial charge in [-0.25, -0.2) is 0 Å². The van der Waals surface area contributed by atoms with Crippen LogP contribution in [0.15, 0.2) is 72.8 Å². The normalized spacial score (nSPS) is 10.4. The number of hydrogen-bond donors (Lipinski definition) is 0. The third-order valence-electron chi connectivity index (χ3n) is 4.42. The molecule has 0 fully saturated rings. The van der Waals surface area contributed by atoms with Crippen LogP contribution in [0.25, 0.3) is 0 Å². The summed E-state index contributed by atoms with van der Waals surface area (Å²) in [7, 11) is 1.58. The number of hydrogen-bond acceptors (Lipinski definition) is 4. The number of amides is 1. The van der Waals surface area contributed by atoms with Crippen LogP contribution >= 0.6 is 0 Å². The highest BCUT2D eigenvalue weighted by molar-refractivity contribution is 6.06. The van der Waals surface area contributed by atoms with E-state index in [1.807, 2.05) is 31.2 Å². The molecule has 0 saturated carbocycles. The second-order valence-electron chi connectivity index (χ2n) is 6.38. The van der Waals surface area contributed by atoms with Gasteiger partial charge in [-0.2, -0.15) is 0 Å². The number of carbonyl (C=O) groups is 1. The van der Waals surface area contributed by atoms with E-state index in [1.54, 1.807) is 48.4 Å². The third-order valence-corrected chi connectivity index (χ3v) is 4.42. The van der Waals surface area contributed by atoms with Crippen LogP contribution in [0.1, 0.15) is 21.5 Å². The number of nitrogens with zero attached hydrogens (tertiary/aromatic N) is 2. The van der Waals surface area contributed by atoms with Crippen molar-refractivity contribution in [3.8, 4) is 5.75 Å². The summed E-state index contributed by atoms with van der Waals surface area (Å²) in [5.74, 6) is 0.547. The van der Waals surface area contributed by atoms with E-state index in [4.69, 9.17) is 4.74 Å². The van der Waals surface area contributed by atoms with Gasteiger partial charge in [-0.15, -0.1) is 0 Å². The lowest BCUT2D eigenvalue weighted by molar-refractivity contribution is -0.384. The minimum absolute atomic E-state index is 0.0182. The number of carbonyl (C=O) groups excluding carboxylic acids is 1. The monoisotopic (exact) mass is 376 g/mol. The van der Waals surface area contributed by atoms with Gasteiger partial charge in [-0.3, -0.25) is 14.9 Å². The van der Waals surface area contributed by atoms with Crippen molar-refractivity contribution >= 4 is 17.3 Å². The van der Waals surface area contributed by atoms with Gasteiger partial charge in [0.15, 0.2) is 0 Å². The molecule has 0 aliphatic rings. The minimum atomic E-state index is -0.442. The average molecular weight is 376 g/mol. The van der Waals surface area contributed by atoms with E-state index < -0.39 is 4.92 Å². The molecule has 1 amide bonds. The van der Waals surface area contributed by atoms with Crippen molar-refractivity contribution in [3.63, 3.8) is 0 Å². The van der Waals surface area contributed by atoms with Crippen molar-refractivity contribution in [2.75, 3.05) is 12.0 Å². The van der Waals surface area contributed by atoms with Gasteiger partial charge in [0.25, 0.3) is 11.6 Å². The van der Waals surface area contributed by atoms with Crippen LogP contribution < -0.4 is 9.64 Å². The maximum atomic E-state index is 13.2. The number of aryl methyl sites for hydroxylation is 1. The molecule has 0 atom stereocenters. The maximum absolute atomic E-state index is 13.2. The Labute approximate surface area is 163 Å². The van der Waals surface area contributed by atoms with E-state index in [1.165, 1.54) is 12.1 Å². The number of rotatable bonds is 6. The van der Waals surface area contributed by atoms with Crippen molar-refractivity contribution < 1.29 is 14.5 Å². The molecule has 142 valence electrons. The first-order valence-electron chi connectivity index (χ1n) is 8.74. The SMILES string of the molecule is COc1ccc(N(Cc2ccc([N+](=O)[O-])cc2)C(=O)c2ccc(C)cc2)cc1. The van der Waals surface area contributed by atoms with E-state index in [-0.39, 0.29) is 18.1 Å². The Morgan fingerprint density at radius 3 is 2.11 bits per heavy atom. The van der Waals surface area contributed by atoms with Gasteiger partial charge in [0.1, 0.15) is 5.75 Å². The fraction of sp³-hybridized carbons (Fsp3) is 0.136. The number of nitro groups is 1. The molecule has 0 radical (unpaired) electrons. The summed E-state index contributed by atoms with van der Waals surface area (Å²) in [5, 5.41) is 10.9. The van der Waals surface area contributed by atoms with Crippen LogP contribution in [0.4, 0.5) is 11.4 Å². The summed E-state index contributed by atoms with van der Waals surface area (Å²) in [6, 6.07) is 20.8. The molecule has 0 aromatic heterocycles. The molecule has 0 spiro atoms. The molecular weight excluding hydrogens is 356 g/mol. The zero-order valence-electron chi connectivity index (χ0n) is 15.7. The lowest BCUT2D eigenvalue weighted by Gasteiger charge is -2.23. The Kier molecular flexibility index (Phi) is 5.69. The van der Waals surface area contributed by atoms with Crippen LogP contribution in [0.5, 0.6) is 5.75 Å². The summed E-state index contributed by atoms with van der Waals surface area (Å²) < 4.78 is 5.19. The molecule has 28 heavy (non-hydrogen) atoms. The first-order valence-corrected chi connectivity index (χ1v) is 8.74. The Morgan fingerprint density at radius 2 is 1.57 bits per heavy atom. The molecule has 0 saturated heterocycles. The first kappa shape index (κ1) is 19.1. The highest BCUT2D eigenvalue weighted by atomic mass is 16.6. The van der Waals surface area contributed by atoms with Gasteiger partial charge >= 0.3 is 0 Å². The molecule has 0 bridgehead atoms. The fourth-order valence-corrected chi connectivity index (χ4v) is 2.80. The maximum Gasteiger partial charge on any atom is 0.269 e. The van der Waals surface area contributed by atoms with Gasteiger partial charge in [0.2, 0.25) is 0 Å². The van der Waals surface area contributed by atoms with Crippen LogP contribution in [-0.4, -0.2) is 17.9 Å². The van der Waals surface area contributed by atoms with Crippen molar-refractivity contribution in [3.05, 3.63) is 99.6 Å². The van der Waals surface area contributed by atoms with E-state index in [9.17, 15) is 14.9 Å². The van der Waals surface area contributed by atoms with Gasteiger partial charge in [-0.1, -0.05) is 29.8 Å². The summed E-state index contributed by atoms with van der Waals surface area (Å²) >= 11 is 0. The Balaban J connectivity index is 1.94. The Bertz CT molecular complexity index is 965. The second kappa shape index (κ2) is 8.35. The quantitative estimate of drug-likeness (QED) is 0.459.